The first-order chi connectivity index (χ1) is 7.92. The van der Waals surface area contributed by atoms with Gasteiger partial charge in [-0.2, -0.15) is 0 Å². The summed E-state index contributed by atoms with van der Waals surface area (Å²) in [6.45, 7) is 7.23. The van der Waals surface area contributed by atoms with Gasteiger partial charge in [-0.05, 0) is 53.6 Å². The number of benzene rings is 1. The Labute approximate surface area is 104 Å². The zero-order chi connectivity index (χ0) is 12.3. The highest BCUT2D eigenvalue weighted by Gasteiger charge is 2.57. The van der Waals surface area contributed by atoms with Gasteiger partial charge in [0.15, 0.2) is 0 Å². The van der Waals surface area contributed by atoms with E-state index in [1.54, 1.807) is 0 Å². The van der Waals surface area contributed by atoms with E-state index in [9.17, 15) is 5.11 Å². The van der Waals surface area contributed by atoms with Crippen LogP contribution in [0.15, 0.2) is 24.3 Å². The Balaban J connectivity index is 1.97. The monoisotopic (exact) mass is 230 g/mol. The van der Waals surface area contributed by atoms with Crippen molar-refractivity contribution in [3.63, 3.8) is 0 Å². The number of hydrogen-bond donors (Lipinski definition) is 1. The van der Waals surface area contributed by atoms with E-state index in [0.717, 1.165) is 5.92 Å². The SMILES string of the molecule is CC1(C)C[C@@]2(C)C[C@@H]1C[C@@H]2c1ccccc1O. The van der Waals surface area contributed by atoms with E-state index in [1.165, 1.54) is 24.8 Å². The maximum absolute atomic E-state index is 10.0. The van der Waals surface area contributed by atoms with E-state index in [4.69, 9.17) is 0 Å². The average Bonchev–Trinajstić information content (AvgIpc) is 2.66. The van der Waals surface area contributed by atoms with Crippen molar-refractivity contribution in [2.45, 2.75) is 46.0 Å². The largest absolute Gasteiger partial charge is 0.508 e. The van der Waals surface area contributed by atoms with Crippen molar-refractivity contribution in [1.82, 2.24) is 0 Å². The maximum Gasteiger partial charge on any atom is 0.119 e. The number of phenols is 1. The van der Waals surface area contributed by atoms with Gasteiger partial charge in [-0.3, -0.25) is 0 Å². The minimum atomic E-state index is 0.396. The van der Waals surface area contributed by atoms with E-state index in [-0.39, 0.29) is 0 Å². The minimum Gasteiger partial charge on any atom is -0.508 e. The minimum absolute atomic E-state index is 0.396. The molecule has 1 heteroatoms. The molecule has 2 aliphatic carbocycles. The molecule has 92 valence electrons. The summed E-state index contributed by atoms with van der Waals surface area (Å²) in [6.07, 6.45) is 3.88. The standard InChI is InChI=1S/C16H22O/c1-15(2)10-16(3)9-11(15)8-13(16)12-6-4-5-7-14(12)17/h4-7,11,13,17H,8-10H2,1-3H3/t11-,13+,16+/m0/s1. The topological polar surface area (TPSA) is 20.2 Å². The number of phenolic OH excluding ortho intramolecular Hbond substituents is 1. The number of para-hydroxylation sites is 1. The van der Waals surface area contributed by atoms with Crippen molar-refractivity contribution in [3.8, 4) is 5.75 Å². The molecule has 0 spiro atoms. The van der Waals surface area contributed by atoms with Crippen LogP contribution < -0.4 is 0 Å². The lowest BCUT2D eigenvalue weighted by atomic mass is 9.65. The second-order valence-electron chi connectivity index (χ2n) is 7.07. The number of hydrogen-bond acceptors (Lipinski definition) is 1. The summed E-state index contributed by atoms with van der Waals surface area (Å²) in [5, 5.41) is 10.0. The number of rotatable bonds is 1. The first kappa shape index (κ1) is 11.1. The first-order valence-corrected chi connectivity index (χ1v) is 6.70. The van der Waals surface area contributed by atoms with E-state index in [2.05, 4.69) is 32.9 Å². The summed E-state index contributed by atoms with van der Waals surface area (Å²) >= 11 is 0. The van der Waals surface area contributed by atoms with Crippen molar-refractivity contribution < 1.29 is 5.11 Å². The summed E-state index contributed by atoms with van der Waals surface area (Å²) in [5.74, 6) is 1.88. The van der Waals surface area contributed by atoms with Crippen LogP contribution in [0, 0.1) is 16.7 Å². The molecule has 17 heavy (non-hydrogen) atoms. The van der Waals surface area contributed by atoms with Gasteiger partial charge in [0.1, 0.15) is 5.75 Å². The maximum atomic E-state index is 10.0. The second kappa shape index (κ2) is 3.28. The molecule has 2 saturated carbocycles. The molecular weight excluding hydrogens is 208 g/mol. The fraction of sp³-hybridized carbons (Fsp3) is 0.625. The Hall–Kier alpha value is -0.980. The third-order valence-electron chi connectivity index (χ3n) is 5.35. The average molecular weight is 230 g/mol. The fourth-order valence-electron chi connectivity index (χ4n) is 4.62. The van der Waals surface area contributed by atoms with Gasteiger partial charge in [-0.25, -0.2) is 0 Å². The molecule has 3 rings (SSSR count). The van der Waals surface area contributed by atoms with E-state index in [1.807, 2.05) is 12.1 Å². The molecular formula is C16H22O. The lowest BCUT2D eigenvalue weighted by Gasteiger charge is -2.39. The molecule has 0 radical (unpaired) electrons. The molecule has 0 heterocycles. The van der Waals surface area contributed by atoms with Crippen LogP contribution in [0.2, 0.25) is 0 Å². The van der Waals surface area contributed by atoms with Crippen LogP contribution in [-0.4, -0.2) is 5.11 Å². The fourth-order valence-corrected chi connectivity index (χ4v) is 4.62. The molecule has 0 unspecified atom stereocenters. The van der Waals surface area contributed by atoms with E-state index >= 15 is 0 Å². The van der Waals surface area contributed by atoms with E-state index in [0.29, 0.717) is 22.5 Å². The summed E-state index contributed by atoms with van der Waals surface area (Å²) < 4.78 is 0. The highest BCUT2D eigenvalue weighted by Crippen LogP contribution is 2.68. The van der Waals surface area contributed by atoms with Crippen LogP contribution in [0.1, 0.15) is 51.5 Å². The molecule has 0 aromatic heterocycles. The van der Waals surface area contributed by atoms with Crippen LogP contribution >= 0.6 is 0 Å². The van der Waals surface area contributed by atoms with Crippen LogP contribution in [0.3, 0.4) is 0 Å². The van der Waals surface area contributed by atoms with Gasteiger partial charge in [-0.15, -0.1) is 0 Å². The molecule has 3 atom stereocenters. The Kier molecular flexibility index (Phi) is 2.14. The highest BCUT2D eigenvalue weighted by atomic mass is 16.3. The molecule has 0 aliphatic heterocycles. The third kappa shape index (κ3) is 1.51. The van der Waals surface area contributed by atoms with Crippen molar-refractivity contribution >= 4 is 0 Å². The molecule has 1 N–H and O–H groups in total. The Morgan fingerprint density at radius 3 is 2.41 bits per heavy atom. The smallest absolute Gasteiger partial charge is 0.119 e. The molecule has 1 aromatic carbocycles. The Morgan fingerprint density at radius 2 is 1.88 bits per heavy atom. The zero-order valence-corrected chi connectivity index (χ0v) is 11.0. The summed E-state index contributed by atoms with van der Waals surface area (Å²) in [4.78, 5) is 0. The van der Waals surface area contributed by atoms with Gasteiger partial charge >= 0.3 is 0 Å². The first-order valence-electron chi connectivity index (χ1n) is 6.70. The van der Waals surface area contributed by atoms with Crippen LogP contribution in [0.4, 0.5) is 0 Å². The van der Waals surface area contributed by atoms with Gasteiger partial charge in [-0.1, -0.05) is 39.0 Å². The van der Waals surface area contributed by atoms with Crippen LogP contribution in [0.25, 0.3) is 0 Å². The Morgan fingerprint density at radius 1 is 1.18 bits per heavy atom. The molecule has 2 bridgehead atoms. The molecule has 1 nitrogen and oxygen atoms in total. The van der Waals surface area contributed by atoms with Gasteiger partial charge in [0.2, 0.25) is 0 Å². The normalized spacial score (nSPS) is 38.5. The number of fused-ring (bicyclic) bond motifs is 2. The highest BCUT2D eigenvalue weighted by molar-refractivity contribution is 5.38. The van der Waals surface area contributed by atoms with Crippen LogP contribution in [0.5, 0.6) is 5.75 Å². The van der Waals surface area contributed by atoms with Crippen molar-refractivity contribution in [1.29, 1.82) is 0 Å². The summed E-state index contributed by atoms with van der Waals surface area (Å²) in [5.41, 5.74) is 2.07. The number of aromatic hydroxyl groups is 1. The molecule has 0 amide bonds. The lowest BCUT2D eigenvalue weighted by molar-refractivity contribution is 0.156. The quantitative estimate of drug-likeness (QED) is 0.761. The van der Waals surface area contributed by atoms with Crippen molar-refractivity contribution in [2.24, 2.45) is 16.7 Å². The molecule has 2 aliphatic rings. The van der Waals surface area contributed by atoms with E-state index < -0.39 is 0 Å². The third-order valence-corrected chi connectivity index (χ3v) is 5.35. The van der Waals surface area contributed by atoms with Crippen molar-refractivity contribution in [3.05, 3.63) is 29.8 Å². The van der Waals surface area contributed by atoms with Crippen LogP contribution in [-0.2, 0) is 0 Å². The summed E-state index contributed by atoms with van der Waals surface area (Å²) in [6, 6.07) is 7.91. The van der Waals surface area contributed by atoms with Gasteiger partial charge in [0.25, 0.3) is 0 Å². The second-order valence-corrected chi connectivity index (χ2v) is 7.07. The lowest BCUT2D eigenvalue weighted by Crippen LogP contribution is -2.28. The van der Waals surface area contributed by atoms with Crippen molar-refractivity contribution in [2.75, 3.05) is 0 Å². The predicted octanol–water partition coefficient (Wildman–Crippen LogP) is 4.32. The molecule has 2 fully saturated rings. The zero-order valence-electron chi connectivity index (χ0n) is 11.0. The molecule has 1 aromatic rings. The predicted molar refractivity (Wildman–Crippen MR) is 70.1 cm³/mol. The van der Waals surface area contributed by atoms with Gasteiger partial charge in [0, 0.05) is 0 Å². The van der Waals surface area contributed by atoms with Gasteiger partial charge < -0.3 is 5.11 Å². The molecule has 0 saturated heterocycles. The summed E-state index contributed by atoms with van der Waals surface area (Å²) in [7, 11) is 0. The van der Waals surface area contributed by atoms with Gasteiger partial charge in [0.05, 0.1) is 0 Å². The Bertz CT molecular complexity index is 449.